The van der Waals surface area contributed by atoms with Crippen molar-refractivity contribution in [2.45, 2.75) is 6.10 Å². The Morgan fingerprint density at radius 2 is 1.77 bits per heavy atom. The number of rotatable bonds is 3. The molecule has 0 aromatic carbocycles. The van der Waals surface area contributed by atoms with E-state index < -0.39 is 16.3 Å². The maximum Gasteiger partial charge on any atom is 0.282 e. The summed E-state index contributed by atoms with van der Waals surface area (Å²) in [5, 5.41) is 0. The van der Waals surface area contributed by atoms with Gasteiger partial charge in [0.1, 0.15) is 17.6 Å². The van der Waals surface area contributed by atoms with Crippen molar-refractivity contribution in [2.75, 3.05) is 51.7 Å². The molecule has 10 heteroatoms. The first-order valence-electron chi connectivity index (χ1n) is 7.10. The van der Waals surface area contributed by atoms with E-state index >= 15 is 0 Å². The number of nitrogens with two attached hydrogens (primary N) is 1. The summed E-state index contributed by atoms with van der Waals surface area (Å²) in [6, 6.07) is 0. The summed E-state index contributed by atoms with van der Waals surface area (Å²) in [6.45, 7) is 2.38. The Morgan fingerprint density at radius 1 is 1.09 bits per heavy atom. The van der Waals surface area contributed by atoms with Crippen molar-refractivity contribution in [1.29, 1.82) is 0 Å². The van der Waals surface area contributed by atoms with E-state index in [-0.39, 0.29) is 12.4 Å². The van der Waals surface area contributed by atoms with Crippen LogP contribution in [0.5, 0.6) is 0 Å². The van der Waals surface area contributed by atoms with Gasteiger partial charge in [-0.1, -0.05) is 0 Å². The second-order valence-electron chi connectivity index (χ2n) is 5.06. The Balaban J connectivity index is 1.76. The van der Waals surface area contributed by atoms with Gasteiger partial charge in [-0.3, -0.25) is 4.98 Å². The fourth-order valence-electron chi connectivity index (χ4n) is 2.55. The van der Waals surface area contributed by atoms with Crippen LogP contribution in [0.1, 0.15) is 11.8 Å². The third-order valence-corrected chi connectivity index (χ3v) is 5.72. The summed E-state index contributed by atoms with van der Waals surface area (Å²) in [6.07, 6.45) is 2.51. The molecule has 0 radical (unpaired) electrons. The topological polar surface area (TPSA) is 111 Å². The first-order valence-corrected chi connectivity index (χ1v) is 8.49. The lowest BCUT2D eigenvalue weighted by Gasteiger charge is -2.36. The molecule has 2 aliphatic rings. The van der Waals surface area contributed by atoms with E-state index in [9.17, 15) is 8.42 Å². The minimum absolute atomic E-state index is 0.183. The molecule has 1 aromatic rings. The number of nitrogens with zero attached hydrogens (tertiary/aromatic N) is 4. The Morgan fingerprint density at radius 3 is 2.50 bits per heavy atom. The quantitative estimate of drug-likeness (QED) is 0.758. The first-order chi connectivity index (χ1) is 10.6. The molecule has 0 unspecified atom stereocenters. The number of anilines is 1. The predicted octanol–water partition coefficient (Wildman–Crippen LogP) is -0.991. The van der Waals surface area contributed by atoms with Crippen LogP contribution in [0.3, 0.4) is 0 Å². The van der Waals surface area contributed by atoms with E-state index in [4.69, 9.17) is 15.2 Å². The average Bonchev–Trinajstić information content (AvgIpc) is 2.56. The van der Waals surface area contributed by atoms with Gasteiger partial charge in [-0.15, -0.1) is 0 Å². The summed E-state index contributed by atoms with van der Waals surface area (Å²) in [5.41, 5.74) is 6.28. The average molecular weight is 329 g/mol. The fourth-order valence-corrected chi connectivity index (χ4v) is 4.12. The highest BCUT2D eigenvalue weighted by Crippen LogP contribution is 2.26. The lowest BCUT2D eigenvalue weighted by molar-refractivity contribution is -0.00817. The standard InChI is InChI=1S/C12H19N5O4S/c13-12-11(14-1-2-15-12)10-9-17(5-8-21-10)22(18,19)16-3-6-20-7-4-16/h1-2,10H,3-9H2,(H2,13,15)/t10-/m0/s1. The molecule has 122 valence electrons. The Labute approximate surface area is 129 Å². The van der Waals surface area contributed by atoms with Crippen molar-refractivity contribution in [3.8, 4) is 0 Å². The van der Waals surface area contributed by atoms with Crippen molar-refractivity contribution < 1.29 is 17.9 Å². The zero-order chi connectivity index (χ0) is 15.6. The molecular formula is C12H19N5O4S. The zero-order valence-corrected chi connectivity index (χ0v) is 12.9. The number of nitrogen functional groups attached to an aromatic ring is 1. The molecule has 0 bridgehead atoms. The van der Waals surface area contributed by atoms with Crippen molar-refractivity contribution in [1.82, 2.24) is 18.6 Å². The number of hydrogen-bond acceptors (Lipinski definition) is 7. The van der Waals surface area contributed by atoms with Crippen molar-refractivity contribution in [2.24, 2.45) is 0 Å². The third kappa shape index (κ3) is 3.06. The number of hydrogen-bond donors (Lipinski definition) is 1. The van der Waals surface area contributed by atoms with Gasteiger partial charge in [-0.25, -0.2) is 4.98 Å². The van der Waals surface area contributed by atoms with Gasteiger partial charge in [0.2, 0.25) is 0 Å². The van der Waals surface area contributed by atoms with Crippen molar-refractivity contribution in [3.05, 3.63) is 18.1 Å². The van der Waals surface area contributed by atoms with Crippen LogP contribution in [0.15, 0.2) is 12.4 Å². The second kappa shape index (κ2) is 6.42. The molecule has 2 N–H and O–H groups in total. The maximum atomic E-state index is 12.7. The summed E-state index contributed by atoms with van der Waals surface area (Å²) in [7, 11) is -3.52. The molecule has 0 aliphatic carbocycles. The summed E-state index contributed by atoms with van der Waals surface area (Å²) in [4.78, 5) is 8.14. The molecule has 2 saturated heterocycles. The number of aromatic nitrogens is 2. The molecule has 2 fully saturated rings. The summed E-state index contributed by atoms with van der Waals surface area (Å²) < 4.78 is 39.0. The van der Waals surface area contributed by atoms with Crippen LogP contribution in [-0.2, 0) is 19.7 Å². The van der Waals surface area contributed by atoms with E-state index in [1.807, 2.05) is 0 Å². The maximum absolute atomic E-state index is 12.7. The Hall–Kier alpha value is -1.33. The van der Waals surface area contributed by atoms with Crippen LogP contribution < -0.4 is 5.73 Å². The van der Waals surface area contributed by atoms with Crippen molar-refractivity contribution >= 4 is 16.0 Å². The Kier molecular flexibility index (Phi) is 4.54. The normalized spacial score (nSPS) is 25.2. The molecule has 1 aromatic heterocycles. The van der Waals surface area contributed by atoms with Crippen LogP contribution >= 0.6 is 0 Å². The van der Waals surface area contributed by atoms with E-state index in [1.54, 1.807) is 0 Å². The molecule has 0 saturated carbocycles. The number of morpholine rings is 2. The van der Waals surface area contributed by atoms with Gasteiger partial charge in [0, 0.05) is 38.6 Å². The number of ether oxygens (including phenoxy) is 2. The molecule has 0 spiro atoms. The highest BCUT2D eigenvalue weighted by atomic mass is 32.2. The molecule has 22 heavy (non-hydrogen) atoms. The van der Waals surface area contributed by atoms with Crippen LogP contribution in [0.25, 0.3) is 0 Å². The van der Waals surface area contributed by atoms with Gasteiger partial charge >= 0.3 is 0 Å². The second-order valence-corrected chi connectivity index (χ2v) is 6.99. The van der Waals surface area contributed by atoms with E-state index in [1.165, 1.54) is 21.0 Å². The molecular weight excluding hydrogens is 310 g/mol. The summed E-state index contributed by atoms with van der Waals surface area (Å²) in [5.74, 6) is 0.262. The van der Waals surface area contributed by atoms with Crippen LogP contribution in [0, 0.1) is 0 Å². The fraction of sp³-hybridized carbons (Fsp3) is 0.667. The van der Waals surface area contributed by atoms with Crippen LogP contribution in [-0.4, -0.2) is 73.0 Å². The van der Waals surface area contributed by atoms with Crippen LogP contribution in [0.2, 0.25) is 0 Å². The van der Waals surface area contributed by atoms with Gasteiger partial charge < -0.3 is 15.2 Å². The minimum atomic E-state index is -3.52. The first kappa shape index (κ1) is 15.6. The minimum Gasteiger partial charge on any atom is -0.382 e. The van der Waals surface area contributed by atoms with E-state index in [2.05, 4.69) is 9.97 Å². The van der Waals surface area contributed by atoms with Gasteiger partial charge in [-0.2, -0.15) is 17.0 Å². The lowest BCUT2D eigenvalue weighted by Crippen LogP contribution is -2.52. The Bertz CT molecular complexity index is 620. The molecule has 1 atom stereocenters. The van der Waals surface area contributed by atoms with Gasteiger partial charge in [0.25, 0.3) is 10.2 Å². The predicted molar refractivity (Wildman–Crippen MR) is 78.0 cm³/mol. The van der Waals surface area contributed by atoms with Crippen LogP contribution in [0.4, 0.5) is 5.82 Å². The monoisotopic (exact) mass is 329 g/mol. The smallest absolute Gasteiger partial charge is 0.282 e. The van der Waals surface area contributed by atoms with Gasteiger partial charge in [0.05, 0.1) is 19.8 Å². The molecule has 3 heterocycles. The van der Waals surface area contributed by atoms with E-state index in [0.717, 1.165) is 0 Å². The van der Waals surface area contributed by atoms with Gasteiger partial charge in [-0.05, 0) is 0 Å². The SMILES string of the molecule is Nc1nccnc1[C@@H]1CN(S(=O)(=O)N2CCOCC2)CCO1. The highest BCUT2D eigenvalue weighted by molar-refractivity contribution is 7.86. The molecule has 2 aliphatic heterocycles. The zero-order valence-electron chi connectivity index (χ0n) is 12.1. The van der Waals surface area contributed by atoms with Gasteiger partial charge in [0.15, 0.2) is 0 Å². The van der Waals surface area contributed by atoms with Crippen molar-refractivity contribution in [3.63, 3.8) is 0 Å². The summed E-state index contributed by atoms with van der Waals surface area (Å²) >= 11 is 0. The lowest BCUT2D eigenvalue weighted by atomic mass is 10.2. The van der Waals surface area contributed by atoms with E-state index in [0.29, 0.717) is 45.1 Å². The third-order valence-electron chi connectivity index (χ3n) is 3.71. The molecule has 3 rings (SSSR count). The largest absolute Gasteiger partial charge is 0.382 e. The molecule has 0 amide bonds. The molecule has 9 nitrogen and oxygen atoms in total. The highest BCUT2D eigenvalue weighted by Gasteiger charge is 2.36.